The fourth-order valence-corrected chi connectivity index (χ4v) is 2.46. The number of carbonyl (C=O) groups excluding carboxylic acids is 1. The van der Waals surface area contributed by atoms with E-state index in [9.17, 15) is 9.59 Å². The highest BCUT2D eigenvalue weighted by Crippen LogP contribution is 2.22. The van der Waals surface area contributed by atoms with Gasteiger partial charge in [-0.05, 0) is 32.0 Å². The van der Waals surface area contributed by atoms with Crippen LogP contribution in [0.2, 0.25) is 0 Å². The van der Waals surface area contributed by atoms with Gasteiger partial charge in [0.2, 0.25) is 0 Å². The third-order valence-electron chi connectivity index (χ3n) is 2.58. The number of rotatable bonds is 6. The molecule has 0 aliphatic heterocycles. The van der Waals surface area contributed by atoms with Crippen molar-refractivity contribution in [1.29, 1.82) is 0 Å². The molecule has 0 atom stereocenters. The highest BCUT2D eigenvalue weighted by Gasteiger charge is 2.11. The number of hydrogen-bond donors (Lipinski definition) is 2. The van der Waals surface area contributed by atoms with Gasteiger partial charge in [0.15, 0.2) is 5.13 Å². The van der Waals surface area contributed by atoms with Gasteiger partial charge in [0.05, 0.1) is 23.8 Å². The average Bonchev–Trinajstić information content (AvgIpc) is 2.84. The van der Waals surface area contributed by atoms with Crippen molar-refractivity contribution >= 4 is 34.1 Å². The number of carboxylic acid groups (broad SMARTS) is 1. The van der Waals surface area contributed by atoms with Crippen LogP contribution in [0, 0.1) is 0 Å². The summed E-state index contributed by atoms with van der Waals surface area (Å²) in [7, 11) is 0. The van der Waals surface area contributed by atoms with E-state index in [1.54, 1.807) is 43.5 Å². The second kappa shape index (κ2) is 7.04. The summed E-state index contributed by atoms with van der Waals surface area (Å²) < 4.78 is 5.14. The van der Waals surface area contributed by atoms with Crippen LogP contribution in [0.25, 0.3) is 0 Å². The second-order valence-corrected chi connectivity index (χ2v) is 5.73. The SMILES string of the molecule is CC(C)OC(=O)c1cccc(Nc2nc(CC(=O)O)cs2)c1. The third-order valence-corrected chi connectivity index (χ3v) is 3.38. The minimum atomic E-state index is -0.921. The molecule has 0 unspecified atom stereocenters. The Kier molecular flexibility index (Phi) is 5.11. The Morgan fingerprint density at radius 2 is 2.18 bits per heavy atom. The van der Waals surface area contributed by atoms with Gasteiger partial charge in [-0.15, -0.1) is 11.3 Å². The van der Waals surface area contributed by atoms with E-state index in [0.29, 0.717) is 22.1 Å². The van der Waals surface area contributed by atoms with Crippen LogP contribution >= 0.6 is 11.3 Å². The van der Waals surface area contributed by atoms with E-state index in [4.69, 9.17) is 9.84 Å². The first-order chi connectivity index (χ1) is 10.4. The highest BCUT2D eigenvalue weighted by molar-refractivity contribution is 7.13. The first kappa shape index (κ1) is 16.0. The Bertz CT molecular complexity index is 682. The molecule has 116 valence electrons. The van der Waals surface area contributed by atoms with E-state index in [-0.39, 0.29) is 18.5 Å². The second-order valence-electron chi connectivity index (χ2n) is 4.87. The number of ether oxygens (including phenoxy) is 1. The zero-order valence-electron chi connectivity index (χ0n) is 12.2. The topological polar surface area (TPSA) is 88.5 Å². The Balaban J connectivity index is 2.08. The van der Waals surface area contributed by atoms with Crippen molar-refractivity contribution in [1.82, 2.24) is 4.98 Å². The lowest BCUT2D eigenvalue weighted by Gasteiger charge is -2.09. The van der Waals surface area contributed by atoms with E-state index < -0.39 is 5.97 Å². The van der Waals surface area contributed by atoms with Crippen molar-refractivity contribution < 1.29 is 19.4 Å². The van der Waals surface area contributed by atoms with Crippen molar-refractivity contribution in [3.63, 3.8) is 0 Å². The monoisotopic (exact) mass is 320 g/mol. The normalized spacial score (nSPS) is 10.5. The lowest BCUT2D eigenvalue weighted by molar-refractivity contribution is -0.136. The minimum absolute atomic E-state index is 0.112. The summed E-state index contributed by atoms with van der Waals surface area (Å²) in [5, 5.41) is 14.0. The molecule has 0 amide bonds. The molecule has 0 spiro atoms. The molecule has 22 heavy (non-hydrogen) atoms. The largest absolute Gasteiger partial charge is 0.481 e. The van der Waals surface area contributed by atoms with E-state index in [1.165, 1.54) is 11.3 Å². The van der Waals surface area contributed by atoms with Crippen molar-refractivity contribution in [2.75, 3.05) is 5.32 Å². The molecule has 2 aromatic rings. The Morgan fingerprint density at radius 1 is 1.41 bits per heavy atom. The molecular weight excluding hydrogens is 304 g/mol. The summed E-state index contributed by atoms with van der Waals surface area (Å²) in [5.74, 6) is -1.31. The molecule has 0 bridgehead atoms. The van der Waals surface area contributed by atoms with E-state index >= 15 is 0 Å². The molecule has 1 aromatic carbocycles. The predicted octanol–water partition coefficient (Wildman–Crippen LogP) is 3.08. The van der Waals surface area contributed by atoms with Gasteiger partial charge in [-0.1, -0.05) is 6.07 Å². The van der Waals surface area contributed by atoms with Crippen molar-refractivity contribution in [3.8, 4) is 0 Å². The molecule has 0 saturated carbocycles. The molecule has 0 saturated heterocycles. The number of aliphatic carboxylic acids is 1. The van der Waals surface area contributed by atoms with Crippen LogP contribution in [0.5, 0.6) is 0 Å². The number of carboxylic acids is 1. The number of hydrogen-bond acceptors (Lipinski definition) is 6. The van der Waals surface area contributed by atoms with Crippen LogP contribution in [-0.4, -0.2) is 28.1 Å². The molecule has 0 radical (unpaired) electrons. The average molecular weight is 320 g/mol. The van der Waals surface area contributed by atoms with Crippen LogP contribution in [0.15, 0.2) is 29.6 Å². The molecule has 6 nitrogen and oxygen atoms in total. The molecule has 0 aliphatic rings. The maximum absolute atomic E-state index is 11.9. The van der Waals surface area contributed by atoms with Gasteiger partial charge in [-0.3, -0.25) is 4.79 Å². The number of aromatic nitrogens is 1. The number of carbonyl (C=O) groups is 2. The van der Waals surface area contributed by atoms with Crippen LogP contribution in [0.4, 0.5) is 10.8 Å². The van der Waals surface area contributed by atoms with Crippen LogP contribution in [-0.2, 0) is 16.0 Å². The molecule has 2 rings (SSSR count). The summed E-state index contributed by atoms with van der Waals surface area (Å²) in [6.45, 7) is 3.58. The van der Waals surface area contributed by atoms with Gasteiger partial charge in [-0.25, -0.2) is 9.78 Å². The molecule has 7 heteroatoms. The number of nitrogens with one attached hydrogen (secondary N) is 1. The van der Waals surface area contributed by atoms with Gasteiger partial charge in [0, 0.05) is 11.1 Å². The van der Waals surface area contributed by atoms with E-state index in [1.807, 2.05) is 0 Å². The van der Waals surface area contributed by atoms with Crippen molar-refractivity contribution in [2.24, 2.45) is 0 Å². The standard InChI is InChI=1S/C15H16N2O4S/c1-9(2)21-14(20)10-4-3-5-11(6-10)16-15-17-12(8-22-15)7-13(18)19/h3-6,8-9H,7H2,1-2H3,(H,16,17)(H,18,19). The first-order valence-corrected chi connectivity index (χ1v) is 7.56. The van der Waals surface area contributed by atoms with Gasteiger partial charge in [-0.2, -0.15) is 0 Å². The number of benzene rings is 1. The minimum Gasteiger partial charge on any atom is -0.481 e. The van der Waals surface area contributed by atoms with Gasteiger partial charge >= 0.3 is 11.9 Å². The molecule has 0 fully saturated rings. The fraction of sp³-hybridized carbons (Fsp3) is 0.267. The number of nitrogens with zero attached hydrogens (tertiary/aromatic N) is 1. The fourth-order valence-electron chi connectivity index (χ4n) is 1.73. The predicted molar refractivity (Wildman–Crippen MR) is 83.7 cm³/mol. The number of thiazole rings is 1. The Hall–Kier alpha value is -2.41. The van der Waals surface area contributed by atoms with Crippen molar-refractivity contribution in [3.05, 3.63) is 40.9 Å². The maximum Gasteiger partial charge on any atom is 0.338 e. The Morgan fingerprint density at radius 3 is 2.86 bits per heavy atom. The third kappa shape index (κ3) is 4.56. The summed E-state index contributed by atoms with van der Waals surface area (Å²) in [4.78, 5) is 26.7. The van der Waals surface area contributed by atoms with Crippen LogP contribution in [0.1, 0.15) is 29.9 Å². The van der Waals surface area contributed by atoms with Crippen LogP contribution < -0.4 is 5.32 Å². The van der Waals surface area contributed by atoms with E-state index in [2.05, 4.69) is 10.3 Å². The lowest BCUT2D eigenvalue weighted by Crippen LogP contribution is -2.11. The highest BCUT2D eigenvalue weighted by atomic mass is 32.1. The van der Waals surface area contributed by atoms with Crippen LogP contribution in [0.3, 0.4) is 0 Å². The van der Waals surface area contributed by atoms with Gasteiger partial charge in [0.1, 0.15) is 0 Å². The zero-order valence-corrected chi connectivity index (χ0v) is 13.0. The smallest absolute Gasteiger partial charge is 0.338 e. The molecule has 1 heterocycles. The maximum atomic E-state index is 11.9. The molecule has 2 N–H and O–H groups in total. The molecule has 0 aliphatic carbocycles. The van der Waals surface area contributed by atoms with Crippen molar-refractivity contribution in [2.45, 2.75) is 26.4 Å². The number of esters is 1. The quantitative estimate of drug-likeness (QED) is 0.795. The summed E-state index contributed by atoms with van der Waals surface area (Å²) in [6.07, 6.45) is -0.291. The zero-order chi connectivity index (χ0) is 16.1. The molecule has 1 aromatic heterocycles. The van der Waals surface area contributed by atoms with Gasteiger partial charge < -0.3 is 15.2 Å². The van der Waals surface area contributed by atoms with E-state index in [0.717, 1.165) is 0 Å². The Labute approximate surface area is 131 Å². The van der Waals surface area contributed by atoms with Gasteiger partial charge in [0.25, 0.3) is 0 Å². The lowest BCUT2D eigenvalue weighted by atomic mass is 10.2. The summed E-state index contributed by atoms with van der Waals surface area (Å²) in [6, 6.07) is 6.88. The summed E-state index contributed by atoms with van der Waals surface area (Å²) >= 11 is 1.31. The first-order valence-electron chi connectivity index (χ1n) is 6.68. The molecular formula is C15H16N2O4S. The number of anilines is 2. The summed E-state index contributed by atoms with van der Waals surface area (Å²) in [5.41, 5.74) is 1.63.